The molecule has 0 aliphatic heterocycles. The molecule has 5 heteroatoms. The number of carbonyl (C=O) groups is 1. The molecule has 140 valence electrons. The van der Waals surface area contributed by atoms with Gasteiger partial charge in [-0.05, 0) is 43.9 Å². The van der Waals surface area contributed by atoms with Crippen LogP contribution in [0.2, 0.25) is 0 Å². The molecule has 3 rings (SSSR count). The molecule has 5 nitrogen and oxygen atoms in total. The standard InChI is InChI=1S/C21H28N2O3/c1-15(14-24)23-12-11-17-18(9-6-10-19(17)21(23)26)20(25)22-13-16-7-4-2-3-5-8-16/h6,9-12,15-16,24H,2-5,7-8,13-14H2,1H3,(H,22,25)/t15-/m1/s1. The van der Waals surface area contributed by atoms with Crippen LogP contribution in [0.1, 0.15) is 61.8 Å². The van der Waals surface area contributed by atoms with E-state index in [1.165, 1.54) is 43.1 Å². The van der Waals surface area contributed by atoms with Crippen molar-refractivity contribution in [3.05, 3.63) is 46.4 Å². The fraction of sp³-hybridized carbons (Fsp3) is 0.524. The van der Waals surface area contributed by atoms with Crippen LogP contribution in [0.5, 0.6) is 0 Å². The second-order valence-corrected chi connectivity index (χ2v) is 7.39. The number of hydrogen-bond acceptors (Lipinski definition) is 3. The van der Waals surface area contributed by atoms with Crippen LogP contribution >= 0.6 is 0 Å². The largest absolute Gasteiger partial charge is 0.394 e. The zero-order chi connectivity index (χ0) is 18.5. The van der Waals surface area contributed by atoms with Crippen LogP contribution in [-0.2, 0) is 0 Å². The summed E-state index contributed by atoms with van der Waals surface area (Å²) in [6, 6.07) is 6.76. The number of nitrogens with one attached hydrogen (secondary N) is 1. The maximum atomic E-state index is 12.7. The van der Waals surface area contributed by atoms with Gasteiger partial charge in [-0.2, -0.15) is 0 Å². The Bertz CT molecular complexity index is 820. The summed E-state index contributed by atoms with van der Waals surface area (Å²) in [7, 11) is 0. The van der Waals surface area contributed by atoms with E-state index in [9.17, 15) is 14.7 Å². The molecule has 1 amide bonds. The molecule has 1 aliphatic rings. The Balaban J connectivity index is 1.82. The highest BCUT2D eigenvalue weighted by atomic mass is 16.3. The number of benzene rings is 1. The number of pyridine rings is 1. The molecule has 1 fully saturated rings. The van der Waals surface area contributed by atoms with Gasteiger partial charge in [-0.15, -0.1) is 0 Å². The monoisotopic (exact) mass is 356 g/mol. The Morgan fingerprint density at radius 3 is 2.62 bits per heavy atom. The van der Waals surface area contributed by atoms with Gasteiger partial charge in [0, 0.05) is 29.1 Å². The molecule has 1 saturated carbocycles. The first-order valence-electron chi connectivity index (χ1n) is 9.64. The zero-order valence-electron chi connectivity index (χ0n) is 15.4. The van der Waals surface area contributed by atoms with Crippen molar-refractivity contribution in [3.63, 3.8) is 0 Å². The van der Waals surface area contributed by atoms with Gasteiger partial charge in [0.05, 0.1) is 12.6 Å². The average molecular weight is 356 g/mol. The third-order valence-corrected chi connectivity index (χ3v) is 5.48. The first-order chi connectivity index (χ1) is 12.6. The number of carbonyl (C=O) groups excluding carboxylic acids is 1. The van der Waals surface area contributed by atoms with Crippen molar-refractivity contribution in [1.82, 2.24) is 9.88 Å². The molecule has 2 aromatic rings. The number of fused-ring (bicyclic) bond motifs is 1. The Morgan fingerprint density at radius 1 is 1.19 bits per heavy atom. The van der Waals surface area contributed by atoms with Gasteiger partial charge >= 0.3 is 0 Å². The van der Waals surface area contributed by atoms with Gasteiger partial charge in [0.1, 0.15) is 0 Å². The van der Waals surface area contributed by atoms with Crippen LogP contribution in [0.15, 0.2) is 35.3 Å². The summed E-state index contributed by atoms with van der Waals surface area (Å²) >= 11 is 0. The highest BCUT2D eigenvalue weighted by Crippen LogP contribution is 2.22. The molecule has 0 unspecified atom stereocenters. The fourth-order valence-electron chi connectivity index (χ4n) is 3.83. The van der Waals surface area contributed by atoms with Gasteiger partial charge in [-0.3, -0.25) is 9.59 Å². The van der Waals surface area contributed by atoms with E-state index in [1.54, 1.807) is 37.4 Å². The molecule has 0 saturated heterocycles. The van der Waals surface area contributed by atoms with E-state index in [0.717, 1.165) is 0 Å². The number of aromatic nitrogens is 1. The number of hydrogen-bond donors (Lipinski definition) is 2. The van der Waals surface area contributed by atoms with Crippen molar-refractivity contribution >= 4 is 16.7 Å². The SMILES string of the molecule is C[C@H](CO)n1ccc2c(C(=O)NCC3CCCCCC3)cccc2c1=O. The van der Waals surface area contributed by atoms with Gasteiger partial charge in [-0.1, -0.05) is 31.7 Å². The highest BCUT2D eigenvalue weighted by molar-refractivity contribution is 6.06. The molecular weight excluding hydrogens is 328 g/mol. The van der Waals surface area contributed by atoms with Crippen molar-refractivity contribution in [2.75, 3.05) is 13.2 Å². The summed E-state index contributed by atoms with van der Waals surface area (Å²) < 4.78 is 1.51. The van der Waals surface area contributed by atoms with Crippen LogP contribution in [0.25, 0.3) is 10.8 Å². The van der Waals surface area contributed by atoms with E-state index in [2.05, 4.69) is 5.32 Å². The summed E-state index contributed by atoms with van der Waals surface area (Å²) in [5.74, 6) is 0.436. The lowest BCUT2D eigenvalue weighted by molar-refractivity contribution is 0.0947. The van der Waals surface area contributed by atoms with E-state index < -0.39 is 0 Å². The highest BCUT2D eigenvalue weighted by Gasteiger charge is 2.17. The van der Waals surface area contributed by atoms with Crippen molar-refractivity contribution in [2.24, 2.45) is 5.92 Å². The summed E-state index contributed by atoms with van der Waals surface area (Å²) in [4.78, 5) is 25.4. The molecule has 1 aromatic carbocycles. The summed E-state index contributed by atoms with van der Waals surface area (Å²) in [6.07, 6.45) is 9.11. The lowest BCUT2D eigenvalue weighted by Gasteiger charge is -2.16. The summed E-state index contributed by atoms with van der Waals surface area (Å²) in [6.45, 7) is 2.39. The van der Waals surface area contributed by atoms with Gasteiger partial charge < -0.3 is 15.0 Å². The zero-order valence-corrected chi connectivity index (χ0v) is 15.4. The first kappa shape index (κ1) is 18.6. The predicted octanol–water partition coefficient (Wildman–Crippen LogP) is 3.26. The Labute approximate surface area is 154 Å². The number of nitrogens with zero attached hydrogens (tertiary/aromatic N) is 1. The van der Waals surface area contributed by atoms with E-state index in [-0.39, 0.29) is 24.1 Å². The maximum Gasteiger partial charge on any atom is 0.258 e. The fourth-order valence-corrected chi connectivity index (χ4v) is 3.83. The number of aliphatic hydroxyl groups is 1. The lowest BCUT2D eigenvalue weighted by atomic mass is 10.00. The maximum absolute atomic E-state index is 12.7. The lowest BCUT2D eigenvalue weighted by Crippen LogP contribution is -2.30. The van der Waals surface area contributed by atoms with Crippen molar-refractivity contribution < 1.29 is 9.90 Å². The third kappa shape index (κ3) is 3.98. The van der Waals surface area contributed by atoms with E-state index in [1.807, 2.05) is 0 Å². The Morgan fingerprint density at radius 2 is 1.92 bits per heavy atom. The van der Waals surface area contributed by atoms with Crippen LogP contribution in [-0.4, -0.2) is 28.7 Å². The van der Waals surface area contributed by atoms with Crippen molar-refractivity contribution in [3.8, 4) is 0 Å². The Hall–Kier alpha value is -2.14. The first-order valence-corrected chi connectivity index (χ1v) is 9.64. The molecular formula is C21H28N2O3. The minimum Gasteiger partial charge on any atom is -0.394 e. The molecule has 1 aliphatic carbocycles. The molecule has 1 aromatic heterocycles. The molecule has 0 spiro atoms. The van der Waals surface area contributed by atoms with Crippen molar-refractivity contribution in [2.45, 2.75) is 51.5 Å². The average Bonchev–Trinajstić information content (AvgIpc) is 2.94. The minimum absolute atomic E-state index is 0.104. The predicted molar refractivity (Wildman–Crippen MR) is 104 cm³/mol. The number of aliphatic hydroxyl groups excluding tert-OH is 1. The summed E-state index contributed by atoms with van der Waals surface area (Å²) in [5, 5.41) is 13.6. The number of rotatable bonds is 5. The quantitative estimate of drug-likeness (QED) is 0.808. The van der Waals surface area contributed by atoms with Crippen LogP contribution in [0.4, 0.5) is 0 Å². The van der Waals surface area contributed by atoms with Crippen LogP contribution in [0, 0.1) is 5.92 Å². The normalized spacial score (nSPS) is 17.0. The second kappa shape index (κ2) is 8.49. The second-order valence-electron chi connectivity index (χ2n) is 7.39. The van der Waals surface area contributed by atoms with Crippen LogP contribution in [0.3, 0.4) is 0 Å². The van der Waals surface area contributed by atoms with Crippen molar-refractivity contribution in [1.29, 1.82) is 0 Å². The van der Waals surface area contributed by atoms with E-state index in [4.69, 9.17) is 0 Å². The van der Waals surface area contributed by atoms with Gasteiger partial charge in [0.15, 0.2) is 0 Å². The molecule has 0 bridgehead atoms. The number of amides is 1. The minimum atomic E-state index is -0.292. The summed E-state index contributed by atoms with van der Waals surface area (Å²) in [5.41, 5.74) is 0.361. The Kier molecular flexibility index (Phi) is 6.09. The van der Waals surface area contributed by atoms with Gasteiger partial charge in [-0.25, -0.2) is 0 Å². The molecule has 26 heavy (non-hydrogen) atoms. The molecule has 0 radical (unpaired) electrons. The van der Waals surface area contributed by atoms with E-state index in [0.29, 0.717) is 28.8 Å². The van der Waals surface area contributed by atoms with Gasteiger partial charge in [0.25, 0.3) is 11.5 Å². The van der Waals surface area contributed by atoms with E-state index >= 15 is 0 Å². The van der Waals surface area contributed by atoms with Gasteiger partial charge in [0.2, 0.25) is 0 Å². The molecule has 1 heterocycles. The van der Waals surface area contributed by atoms with Crippen LogP contribution < -0.4 is 10.9 Å². The topological polar surface area (TPSA) is 71.3 Å². The molecule has 1 atom stereocenters. The third-order valence-electron chi connectivity index (χ3n) is 5.48. The molecule has 2 N–H and O–H groups in total. The smallest absolute Gasteiger partial charge is 0.258 e.